The van der Waals surface area contributed by atoms with Crippen molar-refractivity contribution in [3.05, 3.63) is 59.4 Å². The standard InChI is InChI=1S/C23H28N4O2/c1-16-6-7-19(11-17(16)2)26-22(29)27-14-20(23(15-27)8-4-9-23)21(28)25-13-18-5-3-10-24-12-18/h3,5-7,10-12,20H,4,8-9,13-15H2,1-2H3,(H,25,28)(H,26,29). The third-order valence-electron chi connectivity index (χ3n) is 6.55. The number of carbonyl (C=O) groups excluding carboxylic acids is 2. The van der Waals surface area contributed by atoms with Crippen LogP contribution in [0.1, 0.15) is 36.0 Å². The van der Waals surface area contributed by atoms with Crippen LogP contribution in [0.5, 0.6) is 0 Å². The average Bonchev–Trinajstić information content (AvgIpc) is 3.12. The molecule has 1 aliphatic carbocycles. The lowest BCUT2D eigenvalue weighted by atomic mass is 9.62. The van der Waals surface area contributed by atoms with Crippen molar-refractivity contribution < 1.29 is 9.59 Å². The molecular weight excluding hydrogens is 364 g/mol. The van der Waals surface area contributed by atoms with E-state index in [0.717, 1.165) is 36.1 Å². The molecule has 2 aliphatic rings. The molecule has 3 amide bonds. The Balaban J connectivity index is 1.41. The van der Waals surface area contributed by atoms with Crippen molar-refractivity contribution in [3.63, 3.8) is 0 Å². The molecule has 6 heteroatoms. The number of urea groups is 1. The number of rotatable bonds is 4. The zero-order chi connectivity index (χ0) is 20.4. The molecule has 1 unspecified atom stereocenters. The van der Waals surface area contributed by atoms with E-state index in [0.29, 0.717) is 19.6 Å². The molecule has 2 fully saturated rings. The highest BCUT2D eigenvalue weighted by Gasteiger charge is 2.54. The van der Waals surface area contributed by atoms with Gasteiger partial charge in [0, 0.05) is 43.1 Å². The topological polar surface area (TPSA) is 74.3 Å². The summed E-state index contributed by atoms with van der Waals surface area (Å²) in [6.45, 7) is 5.67. The van der Waals surface area contributed by atoms with Gasteiger partial charge in [0.2, 0.25) is 5.91 Å². The molecule has 4 rings (SSSR count). The van der Waals surface area contributed by atoms with Crippen LogP contribution in [0.4, 0.5) is 10.5 Å². The second kappa shape index (κ2) is 7.85. The van der Waals surface area contributed by atoms with Gasteiger partial charge in [-0.05, 0) is 61.6 Å². The summed E-state index contributed by atoms with van der Waals surface area (Å²) in [5.41, 5.74) is 4.05. The zero-order valence-electron chi connectivity index (χ0n) is 17.1. The number of likely N-dealkylation sites (tertiary alicyclic amines) is 1. The van der Waals surface area contributed by atoms with Gasteiger partial charge < -0.3 is 15.5 Å². The maximum Gasteiger partial charge on any atom is 0.321 e. The normalized spacial score (nSPS) is 19.7. The number of hydrogen-bond donors (Lipinski definition) is 2. The van der Waals surface area contributed by atoms with Crippen molar-refractivity contribution in [1.29, 1.82) is 0 Å². The molecule has 2 aromatic rings. The second-order valence-electron chi connectivity index (χ2n) is 8.46. The summed E-state index contributed by atoms with van der Waals surface area (Å²) >= 11 is 0. The molecule has 1 spiro atoms. The first-order valence-corrected chi connectivity index (χ1v) is 10.3. The third-order valence-corrected chi connectivity index (χ3v) is 6.55. The van der Waals surface area contributed by atoms with Crippen LogP contribution in [0.25, 0.3) is 0 Å². The van der Waals surface area contributed by atoms with Crippen LogP contribution in [-0.4, -0.2) is 34.9 Å². The molecule has 1 aliphatic heterocycles. The van der Waals surface area contributed by atoms with E-state index in [-0.39, 0.29) is 23.3 Å². The maximum absolute atomic E-state index is 12.9. The average molecular weight is 393 g/mol. The molecule has 29 heavy (non-hydrogen) atoms. The summed E-state index contributed by atoms with van der Waals surface area (Å²) in [5.74, 6) is -0.117. The third kappa shape index (κ3) is 3.97. The minimum absolute atomic E-state index is 0.0371. The number of carbonyl (C=O) groups is 2. The van der Waals surface area contributed by atoms with Crippen LogP contribution in [0, 0.1) is 25.2 Å². The number of pyridine rings is 1. The van der Waals surface area contributed by atoms with Crippen LogP contribution in [0.15, 0.2) is 42.7 Å². The lowest BCUT2D eigenvalue weighted by Crippen LogP contribution is -2.45. The van der Waals surface area contributed by atoms with Crippen molar-refractivity contribution in [2.75, 3.05) is 18.4 Å². The maximum atomic E-state index is 12.9. The van der Waals surface area contributed by atoms with E-state index in [1.807, 2.05) is 42.2 Å². The SMILES string of the molecule is Cc1ccc(NC(=O)N2CC(C(=O)NCc3cccnc3)C3(CCC3)C2)cc1C. The Labute approximate surface area is 171 Å². The summed E-state index contributed by atoms with van der Waals surface area (Å²) in [6, 6.07) is 9.61. The predicted molar refractivity (Wildman–Crippen MR) is 112 cm³/mol. The lowest BCUT2D eigenvalue weighted by molar-refractivity contribution is -0.129. The summed E-state index contributed by atoms with van der Waals surface area (Å²) in [4.78, 5) is 31.7. The van der Waals surface area contributed by atoms with Crippen LogP contribution in [-0.2, 0) is 11.3 Å². The van der Waals surface area contributed by atoms with Gasteiger partial charge in [-0.15, -0.1) is 0 Å². The highest BCUT2D eigenvalue weighted by molar-refractivity contribution is 5.91. The molecule has 1 aromatic carbocycles. The molecule has 152 valence electrons. The summed E-state index contributed by atoms with van der Waals surface area (Å²) in [7, 11) is 0. The number of nitrogens with zero attached hydrogens (tertiary/aromatic N) is 2. The number of anilines is 1. The number of aryl methyl sites for hydroxylation is 2. The quantitative estimate of drug-likeness (QED) is 0.834. The molecule has 1 saturated carbocycles. The number of benzene rings is 1. The van der Waals surface area contributed by atoms with E-state index in [4.69, 9.17) is 0 Å². The van der Waals surface area contributed by atoms with Crippen molar-refractivity contribution in [2.24, 2.45) is 11.3 Å². The molecule has 0 bridgehead atoms. The smallest absolute Gasteiger partial charge is 0.321 e. The Morgan fingerprint density at radius 3 is 2.69 bits per heavy atom. The van der Waals surface area contributed by atoms with Crippen LogP contribution >= 0.6 is 0 Å². The Morgan fingerprint density at radius 1 is 1.21 bits per heavy atom. The van der Waals surface area contributed by atoms with Gasteiger partial charge in [-0.1, -0.05) is 18.6 Å². The minimum Gasteiger partial charge on any atom is -0.352 e. The summed E-state index contributed by atoms with van der Waals surface area (Å²) < 4.78 is 0. The largest absolute Gasteiger partial charge is 0.352 e. The number of amides is 3. The van der Waals surface area contributed by atoms with Crippen LogP contribution in [0.2, 0.25) is 0 Å². The van der Waals surface area contributed by atoms with E-state index < -0.39 is 0 Å². The van der Waals surface area contributed by atoms with Gasteiger partial charge in [0.05, 0.1) is 5.92 Å². The summed E-state index contributed by atoms with van der Waals surface area (Å²) in [5, 5.41) is 6.05. The molecule has 1 aromatic heterocycles. The number of aromatic nitrogens is 1. The molecular formula is C23H28N4O2. The first-order valence-electron chi connectivity index (χ1n) is 10.3. The number of hydrogen-bond acceptors (Lipinski definition) is 3. The van der Waals surface area contributed by atoms with Gasteiger partial charge >= 0.3 is 6.03 Å². The van der Waals surface area contributed by atoms with E-state index in [2.05, 4.69) is 22.5 Å². The fraction of sp³-hybridized carbons (Fsp3) is 0.435. The van der Waals surface area contributed by atoms with Gasteiger partial charge in [-0.2, -0.15) is 0 Å². The summed E-state index contributed by atoms with van der Waals surface area (Å²) in [6.07, 6.45) is 6.62. The monoisotopic (exact) mass is 392 g/mol. The van der Waals surface area contributed by atoms with Gasteiger partial charge in [0.1, 0.15) is 0 Å². The first kappa shape index (κ1) is 19.4. The fourth-order valence-corrected chi connectivity index (χ4v) is 4.46. The zero-order valence-corrected chi connectivity index (χ0v) is 17.1. The van der Waals surface area contributed by atoms with Crippen molar-refractivity contribution >= 4 is 17.6 Å². The number of nitrogens with one attached hydrogen (secondary N) is 2. The van der Waals surface area contributed by atoms with Crippen LogP contribution in [0.3, 0.4) is 0 Å². The highest BCUT2D eigenvalue weighted by Crippen LogP contribution is 2.51. The first-order chi connectivity index (χ1) is 14.0. The highest BCUT2D eigenvalue weighted by atomic mass is 16.2. The van der Waals surface area contributed by atoms with E-state index in [1.54, 1.807) is 12.4 Å². The van der Waals surface area contributed by atoms with Gasteiger partial charge in [0.15, 0.2) is 0 Å². The Hall–Kier alpha value is -2.89. The minimum atomic E-state index is -0.154. The lowest BCUT2D eigenvalue weighted by Gasteiger charge is -2.41. The predicted octanol–water partition coefficient (Wildman–Crippen LogP) is 3.65. The molecule has 1 atom stereocenters. The van der Waals surface area contributed by atoms with Crippen molar-refractivity contribution in [3.8, 4) is 0 Å². The molecule has 2 heterocycles. The van der Waals surface area contributed by atoms with Crippen molar-refractivity contribution in [2.45, 2.75) is 39.7 Å². The second-order valence-corrected chi connectivity index (χ2v) is 8.46. The van der Waals surface area contributed by atoms with Gasteiger partial charge in [-0.3, -0.25) is 9.78 Å². The van der Waals surface area contributed by atoms with Gasteiger partial charge in [-0.25, -0.2) is 4.79 Å². The van der Waals surface area contributed by atoms with Crippen molar-refractivity contribution in [1.82, 2.24) is 15.2 Å². The molecule has 0 radical (unpaired) electrons. The fourth-order valence-electron chi connectivity index (χ4n) is 4.46. The van der Waals surface area contributed by atoms with E-state index in [1.165, 1.54) is 5.56 Å². The molecule has 2 N–H and O–H groups in total. The Kier molecular flexibility index (Phi) is 5.26. The van der Waals surface area contributed by atoms with Gasteiger partial charge in [0.25, 0.3) is 0 Å². The Morgan fingerprint density at radius 2 is 2.03 bits per heavy atom. The van der Waals surface area contributed by atoms with E-state index in [9.17, 15) is 9.59 Å². The van der Waals surface area contributed by atoms with Crippen LogP contribution < -0.4 is 10.6 Å². The van der Waals surface area contributed by atoms with E-state index >= 15 is 0 Å². The Bertz CT molecular complexity index is 908. The molecule has 1 saturated heterocycles. The molecule has 6 nitrogen and oxygen atoms in total.